The Bertz CT molecular complexity index is 1120. The third-order valence-electron chi connectivity index (χ3n) is 7.19. The van der Waals surface area contributed by atoms with Crippen LogP contribution in [-0.4, -0.2) is 50.4 Å². The van der Waals surface area contributed by atoms with Crippen molar-refractivity contribution < 1.29 is 18.7 Å². The SMILES string of the molecule is CCCCCCCCCCCCCCCCOCCCOP(=O)(O)CC/C=C(/C)Cn1cnc2c(=O)[nH]c(N)nc21. The molecule has 10 nitrogen and oxygen atoms in total. The second-order valence-corrected chi connectivity index (χ2v) is 13.1. The van der Waals surface area contributed by atoms with Gasteiger partial charge in [-0.05, 0) is 26.2 Å². The van der Waals surface area contributed by atoms with Crippen molar-refractivity contribution >= 4 is 24.7 Å². The average molecular weight is 596 g/mol. The van der Waals surface area contributed by atoms with Gasteiger partial charge in [0.2, 0.25) is 5.95 Å². The normalized spacial score (nSPS) is 13.7. The summed E-state index contributed by atoms with van der Waals surface area (Å²) in [5.41, 5.74) is 6.83. The molecule has 2 heterocycles. The first-order chi connectivity index (χ1) is 19.8. The summed E-state index contributed by atoms with van der Waals surface area (Å²) in [4.78, 5) is 32.7. The number of unbranched alkanes of at least 4 members (excludes halogenated alkanes) is 13. The molecule has 41 heavy (non-hydrogen) atoms. The number of nitrogen functional groups attached to an aromatic ring is 1. The first kappa shape index (κ1) is 35.2. The van der Waals surface area contributed by atoms with Gasteiger partial charge in [-0.3, -0.25) is 14.3 Å². The van der Waals surface area contributed by atoms with Gasteiger partial charge >= 0.3 is 7.60 Å². The number of nitrogens with two attached hydrogens (primary N) is 1. The third-order valence-corrected chi connectivity index (χ3v) is 8.59. The molecule has 0 aliphatic rings. The van der Waals surface area contributed by atoms with Gasteiger partial charge in [0.05, 0.1) is 19.1 Å². The number of aromatic nitrogens is 4. The van der Waals surface area contributed by atoms with E-state index in [1.165, 1.54) is 89.8 Å². The predicted octanol–water partition coefficient (Wildman–Crippen LogP) is 7.13. The number of hydrogen-bond donors (Lipinski definition) is 3. The Kier molecular flexibility index (Phi) is 17.9. The van der Waals surface area contributed by atoms with Crippen LogP contribution in [-0.2, 0) is 20.4 Å². The molecule has 0 radical (unpaired) electrons. The standard InChI is InChI=1S/C30H54N5O5P/c1-3-4-5-6-7-8-9-10-11-12-13-14-15-16-20-39-21-18-22-40-41(37,38)23-17-19-26(2)24-35-25-32-27-28(35)33-30(31)34-29(27)36/h19,25H,3-18,20-24H2,1-2H3,(H,37,38)(H3,31,33,34,36)/b26-19-. The van der Waals surface area contributed by atoms with Crippen LogP contribution in [0.2, 0.25) is 0 Å². The number of allylic oxidation sites excluding steroid dienone is 2. The number of imidazole rings is 1. The molecule has 234 valence electrons. The molecule has 0 saturated carbocycles. The van der Waals surface area contributed by atoms with Gasteiger partial charge in [-0.2, -0.15) is 4.98 Å². The fourth-order valence-electron chi connectivity index (χ4n) is 4.83. The molecule has 0 spiro atoms. The van der Waals surface area contributed by atoms with Crippen LogP contribution < -0.4 is 11.3 Å². The minimum Gasteiger partial charge on any atom is -0.381 e. The van der Waals surface area contributed by atoms with E-state index in [9.17, 15) is 14.3 Å². The van der Waals surface area contributed by atoms with Crippen LogP contribution in [0.1, 0.15) is 117 Å². The van der Waals surface area contributed by atoms with E-state index in [2.05, 4.69) is 21.9 Å². The van der Waals surface area contributed by atoms with Crippen LogP contribution in [0, 0.1) is 0 Å². The number of hydrogen-bond acceptors (Lipinski definition) is 7. The average Bonchev–Trinajstić information content (AvgIpc) is 3.32. The van der Waals surface area contributed by atoms with Crippen molar-refractivity contribution in [3.05, 3.63) is 28.3 Å². The summed E-state index contributed by atoms with van der Waals surface area (Å²) in [6.45, 7) is 6.10. The Labute approximate surface area is 246 Å². The lowest BCUT2D eigenvalue weighted by Gasteiger charge is -2.12. The summed E-state index contributed by atoms with van der Waals surface area (Å²) in [5, 5.41) is 0. The maximum atomic E-state index is 12.3. The van der Waals surface area contributed by atoms with Gasteiger partial charge in [0, 0.05) is 19.8 Å². The molecule has 0 bridgehead atoms. The van der Waals surface area contributed by atoms with Gasteiger partial charge in [-0.15, -0.1) is 0 Å². The lowest BCUT2D eigenvalue weighted by atomic mass is 10.0. The van der Waals surface area contributed by atoms with E-state index in [0.717, 1.165) is 18.6 Å². The van der Waals surface area contributed by atoms with Crippen molar-refractivity contribution in [2.75, 3.05) is 31.7 Å². The molecule has 0 amide bonds. The van der Waals surface area contributed by atoms with E-state index in [-0.39, 0.29) is 29.8 Å². The molecule has 0 aliphatic carbocycles. The molecule has 0 fully saturated rings. The van der Waals surface area contributed by atoms with E-state index in [1.54, 1.807) is 4.57 Å². The summed E-state index contributed by atoms with van der Waals surface area (Å²) < 4.78 is 25.0. The molecular formula is C30H54N5O5P. The molecule has 1 atom stereocenters. The van der Waals surface area contributed by atoms with Gasteiger partial charge in [0.25, 0.3) is 5.56 Å². The molecule has 2 aromatic rings. The smallest absolute Gasteiger partial charge is 0.328 e. The van der Waals surface area contributed by atoms with Crippen molar-refractivity contribution in [2.45, 2.75) is 123 Å². The van der Waals surface area contributed by atoms with Crippen molar-refractivity contribution in [3.63, 3.8) is 0 Å². The molecule has 11 heteroatoms. The summed E-state index contributed by atoms with van der Waals surface area (Å²) in [6.07, 6.45) is 23.2. The number of ether oxygens (including phenoxy) is 1. The number of aromatic amines is 1. The zero-order valence-electron chi connectivity index (χ0n) is 25.5. The number of nitrogens with zero attached hydrogens (tertiary/aromatic N) is 3. The molecule has 0 aliphatic heterocycles. The number of rotatable bonds is 25. The maximum absolute atomic E-state index is 12.3. The molecule has 0 saturated heterocycles. The van der Waals surface area contributed by atoms with Crippen LogP contribution in [0.15, 0.2) is 22.8 Å². The highest BCUT2D eigenvalue weighted by Crippen LogP contribution is 2.42. The summed E-state index contributed by atoms with van der Waals surface area (Å²) in [7, 11) is -3.66. The molecule has 2 aromatic heterocycles. The molecule has 1 unspecified atom stereocenters. The Morgan fingerprint density at radius 1 is 0.976 bits per heavy atom. The van der Waals surface area contributed by atoms with E-state index < -0.39 is 7.60 Å². The first-order valence-electron chi connectivity index (χ1n) is 15.7. The Balaban J connectivity index is 1.42. The molecule has 2 rings (SSSR count). The molecule has 0 aromatic carbocycles. The largest absolute Gasteiger partial charge is 0.381 e. The predicted molar refractivity (Wildman–Crippen MR) is 167 cm³/mol. The topological polar surface area (TPSA) is 145 Å². The summed E-state index contributed by atoms with van der Waals surface area (Å²) in [6, 6.07) is 0. The minimum atomic E-state index is -3.66. The van der Waals surface area contributed by atoms with Crippen molar-refractivity contribution in [1.29, 1.82) is 0 Å². The molecular weight excluding hydrogens is 541 g/mol. The van der Waals surface area contributed by atoms with E-state index in [0.29, 0.717) is 31.6 Å². The first-order valence-corrected chi connectivity index (χ1v) is 17.5. The van der Waals surface area contributed by atoms with Crippen molar-refractivity contribution in [3.8, 4) is 0 Å². The number of anilines is 1. The van der Waals surface area contributed by atoms with Crippen LogP contribution in [0.25, 0.3) is 11.2 Å². The van der Waals surface area contributed by atoms with Gasteiger partial charge < -0.3 is 24.5 Å². The monoisotopic (exact) mass is 595 g/mol. The zero-order valence-corrected chi connectivity index (χ0v) is 26.3. The maximum Gasteiger partial charge on any atom is 0.328 e. The number of nitrogens with one attached hydrogen (secondary N) is 1. The number of fused-ring (bicyclic) bond motifs is 1. The van der Waals surface area contributed by atoms with Gasteiger partial charge in [0.15, 0.2) is 11.2 Å². The van der Waals surface area contributed by atoms with Crippen LogP contribution >= 0.6 is 7.60 Å². The van der Waals surface area contributed by atoms with E-state index >= 15 is 0 Å². The highest BCUT2D eigenvalue weighted by Gasteiger charge is 2.18. The fraction of sp³-hybridized carbons (Fsp3) is 0.767. The number of H-pyrrole nitrogens is 1. The van der Waals surface area contributed by atoms with Crippen LogP contribution in [0.4, 0.5) is 5.95 Å². The Morgan fingerprint density at radius 3 is 2.20 bits per heavy atom. The van der Waals surface area contributed by atoms with Crippen LogP contribution in [0.5, 0.6) is 0 Å². The van der Waals surface area contributed by atoms with Gasteiger partial charge in [-0.1, -0.05) is 102 Å². The van der Waals surface area contributed by atoms with Gasteiger partial charge in [-0.25, -0.2) is 4.98 Å². The second kappa shape index (κ2) is 20.8. The van der Waals surface area contributed by atoms with Crippen molar-refractivity contribution in [1.82, 2.24) is 19.5 Å². The highest BCUT2D eigenvalue weighted by molar-refractivity contribution is 7.52. The summed E-state index contributed by atoms with van der Waals surface area (Å²) >= 11 is 0. The summed E-state index contributed by atoms with van der Waals surface area (Å²) in [5.74, 6) is 0.0319. The zero-order chi connectivity index (χ0) is 29.8. The van der Waals surface area contributed by atoms with Crippen molar-refractivity contribution in [2.24, 2.45) is 0 Å². The second-order valence-electron chi connectivity index (χ2n) is 11.1. The minimum absolute atomic E-state index is 0.0319. The van der Waals surface area contributed by atoms with E-state index in [4.69, 9.17) is 15.0 Å². The Hall–Kier alpha value is -2.00. The molecule has 4 N–H and O–H groups in total. The lowest BCUT2D eigenvalue weighted by Crippen LogP contribution is -2.12. The van der Waals surface area contributed by atoms with E-state index in [1.807, 2.05) is 13.0 Å². The third kappa shape index (κ3) is 15.7. The quantitative estimate of drug-likeness (QED) is 0.0624. The fourth-order valence-corrected chi connectivity index (χ4v) is 5.83. The Morgan fingerprint density at radius 2 is 1.56 bits per heavy atom. The van der Waals surface area contributed by atoms with Gasteiger partial charge in [0.1, 0.15) is 0 Å². The lowest BCUT2D eigenvalue weighted by molar-refractivity contribution is 0.113. The van der Waals surface area contributed by atoms with Crippen LogP contribution in [0.3, 0.4) is 0 Å². The highest BCUT2D eigenvalue weighted by atomic mass is 31.2.